The number of carbonyl (C=O) groups excluding carboxylic acids is 1. The van der Waals surface area contributed by atoms with Crippen molar-refractivity contribution in [2.24, 2.45) is 5.73 Å². The number of pyridine rings is 1. The van der Waals surface area contributed by atoms with Gasteiger partial charge in [-0.3, -0.25) is 9.78 Å². The van der Waals surface area contributed by atoms with Crippen molar-refractivity contribution in [1.82, 2.24) is 4.98 Å². The Labute approximate surface area is 193 Å². The van der Waals surface area contributed by atoms with Crippen molar-refractivity contribution in [2.45, 2.75) is 39.8 Å². The van der Waals surface area contributed by atoms with Gasteiger partial charge >= 0.3 is 5.97 Å². The highest BCUT2D eigenvalue weighted by molar-refractivity contribution is 5.93. The third-order valence-electron chi connectivity index (χ3n) is 5.50. The van der Waals surface area contributed by atoms with E-state index < -0.39 is 0 Å². The number of ether oxygens (including phenoxy) is 2. The van der Waals surface area contributed by atoms with Crippen LogP contribution >= 0.6 is 0 Å². The maximum absolute atomic E-state index is 12.0. The van der Waals surface area contributed by atoms with Gasteiger partial charge in [-0.15, -0.1) is 0 Å². The SMILES string of the molecule is CCOC(=O)Cc1ccc(CN)cc1OCc1cc(-c2ccnc(CC)c2)c2occc2c1. The lowest BCUT2D eigenvalue weighted by molar-refractivity contribution is -0.142. The van der Waals surface area contributed by atoms with E-state index in [0.29, 0.717) is 25.5 Å². The lowest BCUT2D eigenvalue weighted by Gasteiger charge is -2.14. The van der Waals surface area contributed by atoms with Crippen LogP contribution in [0.4, 0.5) is 0 Å². The highest BCUT2D eigenvalue weighted by Crippen LogP contribution is 2.32. The number of carbonyl (C=O) groups is 1. The number of nitrogens with zero attached hydrogens (tertiary/aromatic N) is 1. The second-order valence-electron chi connectivity index (χ2n) is 7.79. The van der Waals surface area contributed by atoms with Crippen LogP contribution in [-0.4, -0.2) is 17.6 Å². The summed E-state index contributed by atoms with van der Waals surface area (Å²) in [6.45, 7) is 4.95. The summed E-state index contributed by atoms with van der Waals surface area (Å²) in [7, 11) is 0. The summed E-state index contributed by atoms with van der Waals surface area (Å²) in [5, 5.41) is 1.00. The number of hydrogen-bond acceptors (Lipinski definition) is 6. The van der Waals surface area contributed by atoms with E-state index in [1.807, 2.05) is 36.5 Å². The lowest BCUT2D eigenvalue weighted by atomic mass is 10.0. The zero-order valence-electron chi connectivity index (χ0n) is 19.0. The molecule has 0 unspecified atom stereocenters. The molecule has 0 amide bonds. The van der Waals surface area contributed by atoms with E-state index in [-0.39, 0.29) is 12.4 Å². The maximum atomic E-state index is 12.0. The summed E-state index contributed by atoms with van der Waals surface area (Å²) >= 11 is 0. The smallest absolute Gasteiger partial charge is 0.310 e. The molecule has 2 aromatic carbocycles. The molecular formula is C27H28N2O4. The largest absolute Gasteiger partial charge is 0.489 e. The van der Waals surface area contributed by atoms with Crippen LogP contribution in [0.3, 0.4) is 0 Å². The van der Waals surface area contributed by atoms with Crippen LogP contribution in [0.2, 0.25) is 0 Å². The van der Waals surface area contributed by atoms with E-state index in [2.05, 4.69) is 30.1 Å². The zero-order chi connectivity index (χ0) is 23.2. The second-order valence-corrected chi connectivity index (χ2v) is 7.79. The van der Waals surface area contributed by atoms with Gasteiger partial charge in [0, 0.05) is 34.9 Å². The van der Waals surface area contributed by atoms with E-state index in [9.17, 15) is 4.79 Å². The fourth-order valence-electron chi connectivity index (χ4n) is 3.82. The molecule has 0 aliphatic heterocycles. The monoisotopic (exact) mass is 444 g/mol. The third-order valence-corrected chi connectivity index (χ3v) is 5.50. The Kier molecular flexibility index (Phi) is 7.05. The minimum absolute atomic E-state index is 0.150. The first kappa shape index (κ1) is 22.6. The molecular weight excluding hydrogens is 416 g/mol. The van der Waals surface area contributed by atoms with Crippen LogP contribution in [0.25, 0.3) is 22.1 Å². The highest BCUT2D eigenvalue weighted by atomic mass is 16.5. The number of hydrogen-bond donors (Lipinski definition) is 1. The molecule has 0 spiro atoms. The molecule has 170 valence electrons. The van der Waals surface area contributed by atoms with E-state index in [1.54, 1.807) is 13.2 Å². The van der Waals surface area contributed by atoms with Gasteiger partial charge in [0.1, 0.15) is 17.9 Å². The van der Waals surface area contributed by atoms with Gasteiger partial charge in [0.25, 0.3) is 0 Å². The molecule has 4 aromatic rings. The minimum Gasteiger partial charge on any atom is -0.489 e. The molecule has 6 heteroatoms. The maximum Gasteiger partial charge on any atom is 0.310 e. The Morgan fingerprint density at radius 1 is 1.06 bits per heavy atom. The summed E-state index contributed by atoms with van der Waals surface area (Å²) in [5.41, 5.74) is 12.4. The average Bonchev–Trinajstić information content (AvgIpc) is 3.31. The first-order chi connectivity index (χ1) is 16.1. The van der Waals surface area contributed by atoms with Crippen LogP contribution in [0, 0.1) is 0 Å². The van der Waals surface area contributed by atoms with Gasteiger partial charge in [-0.1, -0.05) is 19.1 Å². The van der Waals surface area contributed by atoms with Crippen molar-refractivity contribution in [3.63, 3.8) is 0 Å². The molecule has 0 bridgehead atoms. The summed E-state index contributed by atoms with van der Waals surface area (Å²) < 4.78 is 17.1. The number of benzene rings is 2. The van der Waals surface area contributed by atoms with E-state index >= 15 is 0 Å². The van der Waals surface area contributed by atoms with Gasteiger partial charge in [0.15, 0.2) is 0 Å². The minimum atomic E-state index is -0.283. The topological polar surface area (TPSA) is 87.6 Å². The third kappa shape index (κ3) is 5.23. The molecule has 4 rings (SSSR count). The summed E-state index contributed by atoms with van der Waals surface area (Å²) in [6.07, 6.45) is 4.53. The summed E-state index contributed by atoms with van der Waals surface area (Å²) in [6, 6.07) is 15.8. The molecule has 2 aromatic heterocycles. The van der Waals surface area contributed by atoms with Crippen LogP contribution in [0.5, 0.6) is 5.75 Å². The second kappa shape index (κ2) is 10.3. The molecule has 0 radical (unpaired) electrons. The fraction of sp³-hybridized carbons (Fsp3) is 0.259. The predicted molar refractivity (Wildman–Crippen MR) is 128 cm³/mol. The Morgan fingerprint density at radius 3 is 2.73 bits per heavy atom. The number of esters is 1. The Hall–Kier alpha value is -3.64. The zero-order valence-corrected chi connectivity index (χ0v) is 19.0. The van der Waals surface area contributed by atoms with Crippen LogP contribution < -0.4 is 10.5 Å². The van der Waals surface area contributed by atoms with E-state index in [4.69, 9.17) is 19.6 Å². The van der Waals surface area contributed by atoms with Crippen molar-refractivity contribution < 1.29 is 18.7 Å². The van der Waals surface area contributed by atoms with E-state index in [1.165, 1.54) is 0 Å². The molecule has 33 heavy (non-hydrogen) atoms. The average molecular weight is 445 g/mol. The number of fused-ring (bicyclic) bond motifs is 1. The van der Waals surface area contributed by atoms with Gasteiger partial charge in [0.2, 0.25) is 0 Å². The molecule has 0 fully saturated rings. The number of aryl methyl sites for hydroxylation is 1. The fourth-order valence-corrected chi connectivity index (χ4v) is 3.82. The Balaban J connectivity index is 1.64. The lowest BCUT2D eigenvalue weighted by Crippen LogP contribution is -2.10. The quantitative estimate of drug-likeness (QED) is 0.357. The van der Waals surface area contributed by atoms with Gasteiger partial charge in [-0.25, -0.2) is 0 Å². The van der Waals surface area contributed by atoms with Crippen molar-refractivity contribution in [2.75, 3.05) is 6.61 Å². The van der Waals surface area contributed by atoms with Crippen molar-refractivity contribution in [3.05, 3.63) is 83.4 Å². The number of nitrogens with two attached hydrogens (primary N) is 1. The Bertz CT molecular complexity index is 1260. The first-order valence-corrected chi connectivity index (χ1v) is 11.2. The number of aromatic nitrogens is 1. The van der Waals surface area contributed by atoms with Crippen LogP contribution in [-0.2, 0) is 35.5 Å². The molecule has 0 aliphatic carbocycles. The molecule has 0 aliphatic rings. The molecule has 2 N–H and O–H groups in total. The Morgan fingerprint density at radius 2 is 1.94 bits per heavy atom. The molecule has 6 nitrogen and oxygen atoms in total. The van der Waals surface area contributed by atoms with Crippen molar-refractivity contribution >= 4 is 16.9 Å². The van der Waals surface area contributed by atoms with Crippen molar-refractivity contribution in [3.8, 4) is 16.9 Å². The van der Waals surface area contributed by atoms with Gasteiger partial charge < -0.3 is 19.6 Å². The van der Waals surface area contributed by atoms with Gasteiger partial charge in [-0.05, 0) is 66.4 Å². The highest BCUT2D eigenvalue weighted by Gasteiger charge is 2.14. The molecule has 0 atom stereocenters. The normalized spacial score (nSPS) is 11.0. The van der Waals surface area contributed by atoms with Gasteiger partial charge in [0.05, 0.1) is 19.3 Å². The van der Waals surface area contributed by atoms with Crippen molar-refractivity contribution in [1.29, 1.82) is 0 Å². The molecule has 2 heterocycles. The number of rotatable bonds is 9. The first-order valence-electron chi connectivity index (χ1n) is 11.2. The molecule has 0 saturated heterocycles. The van der Waals surface area contributed by atoms with Gasteiger partial charge in [-0.2, -0.15) is 0 Å². The predicted octanol–water partition coefficient (Wildman–Crippen LogP) is 5.20. The molecule has 0 saturated carbocycles. The summed E-state index contributed by atoms with van der Waals surface area (Å²) in [4.78, 5) is 16.5. The summed E-state index contributed by atoms with van der Waals surface area (Å²) in [5.74, 6) is 0.353. The van der Waals surface area contributed by atoms with Crippen LogP contribution in [0.15, 0.2) is 65.4 Å². The number of furan rings is 1. The van der Waals surface area contributed by atoms with Crippen LogP contribution in [0.1, 0.15) is 36.2 Å². The standard InChI is InChI=1S/C27H28N2O4/c1-3-23-14-20(7-9-29-23)24-12-19(11-22-8-10-32-27(22)24)17-33-25-13-18(16-28)5-6-21(25)15-26(30)31-4-2/h5-14H,3-4,15-17,28H2,1-2H3. The van der Waals surface area contributed by atoms with E-state index in [0.717, 1.165) is 50.9 Å².